The van der Waals surface area contributed by atoms with Crippen LogP contribution in [0.1, 0.15) is 16.8 Å². The number of hydrogen-bond donors (Lipinski definition) is 1. The second-order valence-electron chi connectivity index (χ2n) is 7.34. The van der Waals surface area contributed by atoms with E-state index in [0.717, 1.165) is 17.0 Å². The minimum absolute atomic E-state index is 0.0899. The van der Waals surface area contributed by atoms with E-state index in [-0.39, 0.29) is 12.5 Å². The number of benzene rings is 1. The topological polar surface area (TPSA) is 93.0 Å². The van der Waals surface area contributed by atoms with Crippen molar-refractivity contribution in [2.45, 2.75) is 26.3 Å². The Hall–Kier alpha value is -3.42. The molecule has 0 aliphatic carbocycles. The molecule has 8 heteroatoms. The van der Waals surface area contributed by atoms with Gasteiger partial charge in [0.1, 0.15) is 6.54 Å². The Bertz CT molecular complexity index is 1170. The van der Waals surface area contributed by atoms with Crippen LogP contribution in [-0.2, 0) is 31.2 Å². The quantitative estimate of drug-likeness (QED) is 0.715. The highest BCUT2D eigenvalue weighted by atomic mass is 16.2. The lowest BCUT2D eigenvalue weighted by atomic mass is 10.0. The number of hydrogen-bond acceptors (Lipinski definition) is 4. The normalized spacial score (nSPS) is 13.8. The summed E-state index contributed by atoms with van der Waals surface area (Å²) in [4.78, 5) is 40.3. The minimum Gasteiger partial charge on any atom is -0.340 e. The van der Waals surface area contributed by atoms with E-state index in [1.165, 1.54) is 16.3 Å². The van der Waals surface area contributed by atoms with Crippen molar-refractivity contribution in [3.63, 3.8) is 0 Å². The third-order valence-electron chi connectivity index (χ3n) is 5.37. The highest BCUT2D eigenvalue weighted by molar-refractivity contribution is 5.76. The van der Waals surface area contributed by atoms with E-state index in [1.807, 2.05) is 29.9 Å². The molecule has 150 valence electrons. The number of aromatic amines is 1. The van der Waals surface area contributed by atoms with Gasteiger partial charge >= 0.3 is 5.69 Å². The van der Waals surface area contributed by atoms with Crippen LogP contribution < -0.4 is 11.2 Å². The van der Waals surface area contributed by atoms with Crippen molar-refractivity contribution >= 4 is 5.91 Å². The van der Waals surface area contributed by atoms with E-state index >= 15 is 0 Å². The molecule has 1 aliphatic rings. The van der Waals surface area contributed by atoms with Crippen LogP contribution in [0.5, 0.6) is 0 Å². The van der Waals surface area contributed by atoms with Gasteiger partial charge < -0.3 is 4.90 Å². The summed E-state index contributed by atoms with van der Waals surface area (Å²) >= 11 is 0. The van der Waals surface area contributed by atoms with Gasteiger partial charge in [-0.25, -0.2) is 4.79 Å². The van der Waals surface area contributed by atoms with Gasteiger partial charge in [0.2, 0.25) is 5.91 Å². The van der Waals surface area contributed by atoms with Gasteiger partial charge in [0.25, 0.3) is 5.56 Å². The lowest BCUT2D eigenvalue weighted by molar-refractivity contribution is -0.131. The Balaban J connectivity index is 1.54. The molecule has 29 heavy (non-hydrogen) atoms. The number of carbonyl (C=O) groups is 1. The Morgan fingerprint density at radius 1 is 1.14 bits per heavy atom. The summed E-state index contributed by atoms with van der Waals surface area (Å²) in [6.07, 6.45) is 2.81. The lowest BCUT2D eigenvalue weighted by Gasteiger charge is -2.21. The summed E-state index contributed by atoms with van der Waals surface area (Å²) in [7, 11) is 1.95. The van der Waals surface area contributed by atoms with Crippen LogP contribution in [0.3, 0.4) is 0 Å². The Morgan fingerprint density at radius 3 is 2.62 bits per heavy atom. The molecule has 1 N–H and O–H groups in total. The van der Waals surface area contributed by atoms with Gasteiger partial charge in [-0.2, -0.15) is 5.10 Å². The number of carbonyl (C=O) groups excluding carboxylic acids is 1. The molecular weight excluding hydrogens is 370 g/mol. The Labute approximate surface area is 167 Å². The van der Waals surface area contributed by atoms with E-state index in [9.17, 15) is 14.4 Å². The summed E-state index contributed by atoms with van der Waals surface area (Å²) in [6.45, 7) is 2.63. The number of fused-ring (bicyclic) bond motifs is 1. The average molecular weight is 393 g/mol. The van der Waals surface area contributed by atoms with Crippen molar-refractivity contribution in [2.75, 3.05) is 13.1 Å². The molecule has 1 aromatic carbocycles. The van der Waals surface area contributed by atoms with E-state index in [4.69, 9.17) is 0 Å². The maximum absolute atomic E-state index is 12.8. The third-order valence-corrected chi connectivity index (χ3v) is 5.37. The fourth-order valence-corrected chi connectivity index (χ4v) is 3.87. The molecule has 1 aliphatic heterocycles. The first-order chi connectivity index (χ1) is 13.9. The van der Waals surface area contributed by atoms with E-state index in [1.54, 1.807) is 11.8 Å². The summed E-state index contributed by atoms with van der Waals surface area (Å²) in [5.74, 6) is -0.144. The van der Waals surface area contributed by atoms with Crippen molar-refractivity contribution in [3.8, 4) is 11.3 Å². The third kappa shape index (κ3) is 3.65. The van der Waals surface area contributed by atoms with Crippen molar-refractivity contribution in [1.29, 1.82) is 0 Å². The highest BCUT2D eigenvalue weighted by Gasteiger charge is 2.24. The molecule has 0 fully saturated rings. The number of nitrogens with zero attached hydrogens (tertiary/aromatic N) is 4. The first-order valence-corrected chi connectivity index (χ1v) is 9.62. The SMILES string of the molecule is Cc1cn(CC(=O)N2CCc3nn(C)c(-c4ccccc4)c3CC2)c(=O)[nH]c1=O. The van der Waals surface area contributed by atoms with Crippen molar-refractivity contribution < 1.29 is 4.79 Å². The van der Waals surface area contributed by atoms with Gasteiger partial charge in [0.05, 0.1) is 11.4 Å². The molecule has 0 saturated heterocycles. The fraction of sp³-hybridized carbons (Fsp3) is 0.333. The molecule has 0 bridgehead atoms. The highest BCUT2D eigenvalue weighted by Crippen LogP contribution is 2.28. The maximum atomic E-state index is 12.8. The number of aryl methyl sites for hydroxylation is 2. The Kier molecular flexibility index (Phi) is 4.92. The van der Waals surface area contributed by atoms with Crippen molar-refractivity contribution in [3.05, 3.63) is 74.2 Å². The van der Waals surface area contributed by atoms with Crippen LogP contribution in [0.4, 0.5) is 0 Å². The summed E-state index contributed by atoms with van der Waals surface area (Å²) in [6, 6.07) is 10.1. The van der Waals surface area contributed by atoms with Gasteiger partial charge in [0.15, 0.2) is 0 Å². The van der Waals surface area contributed by atoms with Gasteiger partial charge in [0, 0.05) is 49.4 Å². The van der Waals surface area contributed by atoms with Crippen LogP contribution in [-0.4, -0.2) is 43.2 Å². The monoisotopic (exact) mass is 393 g/mol. The molecule has 3 aromatic rings. The molecule has 1 amide bonds. The number of aromatic nitrogens is 4. The van der Waals surface area contributed by atoms with Crippen LogP contribution in [0, 0.1) is 6.92 Å². The van der Waals surface area contributed by atoms with Gasteiger partial charge in [-0.3, -0.25) is 23.8 Å². The smallest absolute Gasteiger partial charge is 0.328 e. The zero-order valence-electron chi connectivity index (χ0n) is 16.5. The Morgan fingerprint density at radius 2 is 1.86 bits per heavy atom. The molecule has 2 aromatic heterocycles. The van der Waals surface area contributed by atoms with E-state index < -0.39 is 11.2 Å². The van der Waals surface area contributed by atoms with Gasteiger partial charge in [-0.15, -0.1) is 0 Å². The molecular formula is C21H23N5O3. The lowest BCUT2D eigenvalue weighted by Crippen LogP contribution is -2.40. The first-order valence-electron chi connectivity index (χ1n) is 9.62. The number of amides is 1. The number of nitrogens with one attached hydrogen (secondary N) is 1. The van der Waals surface area contributed by atoms with Crippen LogP contribution >= 0.6 is 0 Å². The summed E-state index contributed by atoms with van der Waals surface area (Å²) < 4.78 is 3.17. The second kappa shape index (κ2) is 7.54. The molecule has 0 saturated carbocycles. The van der Waals surface area contributed by atoms with E-state index in [0.29, 0.717) is 31.5 Å². The molecule has 4 rings (SSSR count). The first kappa shape index (κ1) is 18.9. The van der Waals surface area contributed by atoms with Gasteiger partial charge in [-0.05, 0) is 13.3 Å². The number of H-pyrrole nitrogens is 1. The molecule has 0 spiro atoms. The zero-order valence-corrected chi connectivity index (χ0v) is 16.5. The van der Waals surface area contributed by atoms with Crippen LogP contribution in [0.15, 0.2) is 46.1 Å². The van der Waals surface area contributed by atoms with Crippen LogP contribution in [0.25, 0.3) is 11.3 Å². The maximum Gasteiger partial charge on any atom is 0.328 e. The molecule has 0 atom stereocenters. The molecule has 0 unspecified atom stereocenters. The predicted molar refractivity (Wildman–Crippen MR) is 109 cm³/mol. The van der Waals surface area contributed by atoms with Gasteiger partial charge in [-0.1, -0.05) is 30.3 Å². The minimum atomic E-state index is -0.569. The fourth-order valence-electron chi connectivity index (χ4n) is 3.87. The summed E-state index contributed by atoms with van der Waals surface area (Å²) in [5, 5.41) is 4.68. The van der Waals surface area contributed by atoms with E-state index in [2.05, 4.69) is 22.2 Å². The van der Waals surface area contributed by atoms with Crippen molar-refractivity contribution in [1.82, 2.24) is 24.2 Å². The molecule has 0 radical (unpaired) electrons. The molecule has 3 heterocycles. The average Bonchev–Trinajstić information content (AvgIpc) is 2.87. The number of rotatable bonds is 3. The largest absolute Gasteiger partial charge is 0.340 e. The second-order valence-corrected chi connectivity index (χ2v) is 7.34. The van der Waals surface area contributed by atoms with Crippen LogP contribution in [0.2, 0.25) is 0 Å². The summed E-state index contributed by atoms with van der Waals surface area (Å²) in [5.41, 5.74) is 3.79. The zero-order chi connectivity index (χ0) is 20.5. The predicted octanol–water partition coefficient (Wildman–Crippen LogP) is 0.873. The standard InChI is InChI=1S/C21H23N5O3/c1-14-12-26(21(29)22-20(14)28)13-18(27)25-10-8-16-17(9-11-25)23-24(2)19(16)15-6-4-3-5-7-15/h3-7,12H,8-11,13H2,1-2H3,(H,22,28,29). The molecule has 8 nitrogen and oxygen atoms in total. The van der Waals surface area contributed by atoms with Crippen molar-refractivity contribution in [2.24, 2.45) is 7.05 Å².